The first-order valence-corrected chi connectivity index (χ1v) is 7.26. The van der Waals surface area contributed by atoms with Gasteiger partial charge >= 0.3 is 5.97 Å². The number of nitrogens with zero attached hydrogens (tertiary/aromatic N) is 1. The van der Waals surface area contributed by atoms with Crippen LogP contribution in [0, 0.1) is 13.8 Å². The number of nitrogens with one attached hydrogen (secondary N) is 1. The number of unbranched alkanes of at least 4 members (excludes halogenated alkanes) is 3. The van der Waals surface area contributed by atoms with Gasteiger partial charge in [0.05, 0.1) is 10.7 Å². The number of carbonyl (C=O) groups is 2. The predicted molar refractivity (Wildman–Crippen MR) is 74.6 cm³/mol. The highest BCUT2D eigenvalue weighted by Crippen LogP contribution is 2.16. The van der Waals surface area contributed by atoms with Crippen LogP contribution in [0.5, 0.6) is 0 Å². The summed E-state index contributed by atoms with van der Waals surface area (Å²) in [6.07, 6.45) is 3.64. The quantitative estimate of drug-likeness (QED) is 0.719. The summed E-state index contributed by atoms with van der Waals surface area (Å²) in [5.41, 5.74) is 0.779. The maximum atomic E-state index is 11.8. The Morgan fingerprint density at radius 2 is 1.89 bits per heavy atom. The van der Waals surface area contributed by atoms with E-state index in [9.17, 15) is 9.59 Å². The first-order chi connectivity index (χ1) is 9.00. The SMILES string of the molecule is Cc1nc(C)c(C(=O)NCCCCCCC(=O)O)s1. The molecule has 106 valence electrons. The molecule has 0 aliphatic heterocycles. The molecular weight excluding hydrogens is 264 g/mol. The van der Waals surface area contributed by atoms with E-state index in [4.69, 9.17) is 5.11 Å². The van der Waals surface area contributed by atoms with Gasteiger partial charge in [-0.25, -0.2) is 4.98 Å². The third-order valence-electron chi connectivity index (χ3n) is 2.71. The highest BCUT2D eigenvalue weighted by molar-refractivity contribution is 7.13. The van der Waals surface area contributed by atoms with Gasteiger partial charge in [0.1, 0.15) is 4.88 Å². The average molecular weight is 284 g/mol. The van der Waals surface area contributed by atoms with Gasteiger partial charge in [-0.1, -0.05) is 12.8 Å². The fraction of sp³-hybridized carbons (Fsp3) is 0.615. The predicted octanol–water partition coefficient (Wildman–Crippen LogP) is 2.52. The Balaban J connectivity index is 2.14. The second kappa shape index (κ2) is 7.89. The first kappa shape index (κ1) is 15.6. The van der Waals surface area contributed by atoms with Gasteiger partial charge in [0, 0.05) is 13.0 Å². The lowest BCUT2D eigenvalue weighted by atomic mass is 10.1. The van der Waals surface area contributed by atoms with E-state index in [-0.39, 0.29) is 12.3 Å². The molecule has 0 fully saturated rings. The van der Waals surface area contributed by atoms with Crippen molar-refractivity contribution in [3.05, 3.63) is 15.6 Å². The van der Waals surface area contributed by atoms with E-state index in [1.165, 1.54) is 11.3 Å². The van der Waals surface area contributed by atoms with Crippen molar-refractivity contribution < 1.29 is 14.7 Å². The van der Waals surface area contributed by atoms with E-state index in [1.807, 2.05) is 13.8 Å². The number of aliphatic carboxylic acids is 1. The summed E-state index contributed by atoms with van der Waals surface area (Å²) in [6, 6.07) is 0. The molecule has 0 aliphatic rings. The molecule has 0 saturated heterocycles. The van der Waals surface area contributed by atoms with Crippen LogP contribution in [-0.2, 0) is 4.79 Å². The van der Waals surface area contributed by atoms with E-state index in [0.29, 0.717) is 17.8 Å². The lowest BCUT2D eigenvalue weighted by Gasteiger charge is -2.03. The monoisotopic (exact) mass is 284 g/mol. The number of rotatable bonds is 8. The third-order valence-corrected chi connectivity index (χ3v) is 3.78. The maximum absolute atomic E-state index is 11.8. The van der Waals surface area contributed by atoms with Gasteiger partial charge in [-0.3, -0.25) is 9.59 Å². The minimum atomic E-state index is -0.746. The summed E-state index contributed by atoms with van der Waals surface area (Å²) in [7, 11) is 0. The first-order valence-electron chi connectivity index (χ1n) is 6.44. The number of aromatic nitrogens is 1. The van der Waals surface area contributed by atoms with E-state index in [0.717, 1.165) is 30.0 Å². The van der Waals surface area contributed by atoms with Crippen LogP contribution in [0.4, 0.5) is 0 Å². The number of amides is 1. The number of thiazole rings is 1. The third kappa shape index (κ3) is 5.83. The molecule has 0 spiro atoms. The molecule has 1 rings (SSSR count). The van der Waals surface area contributed by atoms with Crippen LogP contribution >= 0.6 is 11.3 Å². The van der Waals surface area contributed by atoms with Crippen molar-refractivity contribution in [2.45, 2.75) is 46.0 Å². The molecule has 0 bridgehead atoms. The molecular formula is C13H20N2O3S. The molecule has 0 radical (unpaired) electrons. The van der Waals surface area contributed by atoms with Gasteiger partial charge in [-0.05, 0) is 26.7 Å². The summed E-state index contributed by atoms with van der Waals surface area (Å²) in [4.78, 5) is 27.0. The van der Waals surface area contributed by atoms with Gasteiger partial charge in [0.2, 0.25) is 0 Å². The van der Waals surface area contributed by atoms with Crippen molar-refractivity contribution in [3.8, 4) is 0 Å². The standard InChI is InChI=1S/C13H20N2O3S/c1-9-12(19-10(2)15-9)13(18)14-8-6-4-3-5-7-11(16)17/h3-8H2,1-2H3,(H,14,18)(H,16,17). The van der Waals surface area contributed by atoms with Crippen molar-refractivity contribution in [1.29, 1.82) is 0 Å². The zero-order chi connectivity index (χ0) is 14.3. The number of hydrogen-bond donors (Lipinski definition) is 2. The number of aryl methyl sites for hydroxylation is 2. The Kier molecular flexibility index (Phi) is 6.49. The molecule has 0 atom stereocenters. The fourth-order valence-corrected chi connectivity index (χ4v) is 2.62. The Hall–Kier alpha value is -1.43. The topological polar surface area (TPSA) is 79.3 Å². The number of carboxylic acid groups (broad SMARTS) is 1. The number of hydrogen-bond acceptors (Lipinski definition) is 4. The molecule has 1 amide bonds. The van der Waals surface area contributed by atoms with Crippen molar-refractivity contribution in [2.75, 3.05) is 6.54 Å². The molecule has 5 nitrogen and oxygen atoms in total. The Labute approximate surface area is 117 Å². The van der Waals surface area contributed by atoms with Crippen molar-refractivity contribution >= 4 is 23.2 Å². The van der Waals surface area contributed by atoms with Crippen LogP contribution < -0.4 is 5.32 Å². The molecule has 1 heterocycles. The molecule has 2 N–H and O–H groups in total. The van der Waals surface area contributed by atoms with Gasteiger partial charge in [0.15, 0.2) is 0 Å². The molecule has 0 aromatic carbocycles. The van der Waals surface area contributed by atoms with E-state index in [1.54, 1.807) is 0 Å². The second-order valence-electron chi connectivity index (χ2n) is 4.46. The molecule has 19 heavy (non-hydrogen) atoms. The molecule has 0 saturated carbocycles. The van der Waals surface area contributed by atoms with Crippen LogP contribution in [0.2, 0.25) is 0 Å². The average Bonchev–Trinajstić information content (AvgIpc) is 2.66. The van der Waals surface area contributed by atoms with Crippen molar-refractivity contribution in [2.24, 2.45) is 0 Å². The lowest BCUT2D eigenvalue weighted by molar-refractivity contribution is -0.137. The highest BCUT2D eigenvalue weighted by Gasteiger charge is 2.12. The van der Waals surface area contributed by atoms with E-state index in [2.05, 4.69) is 10.3 Å². The van der Waals surface area contributed by atoms with Gasteiger partial charge in [-0.2, -0.15) is 0 Å². The summed E-state index contributed by atoms with van der Waals surface area (Å²) < 4.78 is 0. The van der Waals surface area contributed by atoms with Crippen LogP contribution in [0.15, 0.2) is 0 Å². The second-order valence-corrected chi connectivity index (χ2v) is 5.66. The van der Waals surface area contributed by atoms with Crippen LogP contribution in [-0.4, -0.2) is 28.5 Å². The minimum absolute atomic E-state index is 0.0614. The highest BCUT2D eigenvalue weighted by atomic mass is 32.1. The van der Waals surface area contributed by atoms with Crippen LogP contribution in [0.1, 0.15) is 52.5 Å². The van der Waals surface area contributed by atoms with Gasteiger partial charge in [0.25, 0.3) is 5.91 Å². The van der Waals surface area contributed by atoms with Crippen molar-refractivity contribution in [1.82, 2.24) is 10.3 Å². The maximum Gasteiger partial charge on any atom is 0.303 e. The summed E-state index contributed by atoms with van der Waals surface area (Å²) in [6.45, 7) is 4.35. The van der Waals surface area contributed by atoms with Gasteiger partial charge in [-0.15, -0.1) is 11.3 Å². The van der Waals surface area contributed by atoms with Crippen LogP contribution in [0.3, 0.4) is 0 Å². The van der Waals surface area contributed by atoms with E-state index >= 15 is 0 Å². The molecule has 0 unspecified atom stereocenters. The molecule has 6 heteroatoms. The number of carbonyl (C=O) groups excluding carboxylic acids is 1. The summed E-state index contributed by atoms with van der Waals surface area (Å²) >= 11 is 1.41. The summed E-state index contributed by atoms with van der Waals surface area (Å²) in [5.74, 6) is -0.807. The van der Waals surface area contributed by atoms with Crippen LogP contribution in [0.25, 0.3) is 0 Å². The zero-order valence-corrected chi connectivity index (χ0v) is 12.2. The Morgan fingerprint density at radius 3 is 2.47 bits per heavy atom. The molecule has 1 aromatic rings. The van der Waals surface area contributed by atoms with E-state index < -0.39 is 5.97 Å². The molecule has 0 aliphatic carbocycles. The number of carboxylic acids is 1. The zero-order valence-electron chi connectivity index (χ0n) is 11.4. The molecule has 1 aromatic heterocycles. The normalized spacial score (nSPS) is 10.4. The van der Waals surface area contributed by atoms with Gasteiger partial charge < -0.3 is 10.4 Å². The smallest absolute Gasteiger partial charge is 0.303 e. The lowest BCUT2D eigenvalue weighted by Crippen LogP contribution is -2.24. The van der Waals surface area contributed by atoms with Crippen molar-refractivity contribution in [3.63, 3.8) is 0 Å². The summed E-state index contributed by atoms with van der Waals surface area (Å²) in [5, 5.41) is 12.2. The minimum Gasteiger partial charge on any atom is -0.481 e. The Morgan fingerprint density at radius 1 is 1.21 bits per heavy atom. The fourth-order valence-electron chi connectivity index (χ4n) is 1.78. The largest absolute Gasteiger partial charge is 0.481 e. The Bertz CT molecular complexity index is 443.